The number of carbonyl (C=O) groups is 1. The topological polar surface area (TPSA) is 70.8 Å². The molecule has 0 bridgehead atoms. The second-order valence-electron chi connectivity index (χ2n) is 3.72. The molecule has 0 saturated carbocycles. The standard InChI is InChI=1S/C14H21NO4/c1-4-17-12-8-14(19-6-3)13(18-5-2)7-10(12)11(16)9-15/h7-8H,4-6,9,15H2,1-3H3. The van der Waals surface area contributed by atoms with Gasteiger partial charge < -0.3 is 19.9 Å². The fraction of sp³-hybridized carbons (Fsp3) is 0.500. The quantitative estimate of drug-likeness (QED) is 0.730. The molecule has 0 aliphatic rings. The van der Waals surface area contributed by atoms with Gasteiger partial charge in [0.05, 0.1) is 31.9 Å². The second-order valence-corrected chi connectivity index (χ2v) is 3.72. The van der Waals surface area contributed by atoms with Gasteiger partial charge >= 0.3 is 0 Å². The van der Waals surface area contributed by atoms with Crippen LogP contribution in [0.3, 0.4) is 0 Å². The molecule has 0 aliphatic heterocycles. The van der Waals surface area contributed by atoms with Gasteiger partial charge in [-0.1, -0.05) is 0 Å². The SMILES string of the molecule is CCOc1cc(OCC)c(C(=O)CN)cc1OCC. The van der Waals surface area contributed by atoms with Gasteiger partial charge in [-0.05, 0) is 26.8 Å². The number of hydrogen-bond donors (Lipinski definition) is 1. The number of rotatable bonds is 8. The molecule has 1 aromatic rings. The Bertz CT molecular complexity index is 432. The maximum Gasteiger partial charge on any atom is 0.180 e. The fourth-order valence-electron chi connectivity index (χ4n) is 1.68. The first kappa shape index (κ1) is 15.3. The highest BCUT2D eigenvalue weighted by Crippen LogP contribution is 2.35. The van der Waals surface area contributed by atoms with Crippen LogP contribution in [0.4, 0.5) is 0 Å². The zero-order valence-electron chi connectivity index (χ0n) is 11.7. The van der Waals surface area contributed by atoms with E-state index in [4.69, 9.17) is 19.9 Å². The predicted molar refractivity (Wildman–Crippen MR) is 73.3 cm³/mol. The van der Waals surface area contributed by atoms with E-state index >= 15 is 0 Å². The minimum atomic E-state index is -0.188. The number of carbonyl (C=O) groups excluding carboxylic acids is 1. The molecular formula is C14H21NO4. The lowest BCUT2D eigenvalue weighted by Gasteiger charge is -2.15. The zero-order chi connectivity index (χ0) is 14.3. The fourth-order valence-corrected chi connectivity index (χ4v) is 1.68. The van der Waals surface area contributed by atoms with Crippen LogP contribution in [0.25, 0.3) is 0 Å². The largest absolute Gasteiger partial charge is 0.493 e. The number of nitrogens with two attached hydrogens (primary N) is 1. The minimum Gasteiger partial charge on any atom is -0.493 e. The first-order valence-corrected chi connectivity index (χ1v) is 6.47. The van der Waals surface area contributed by atoms with E-state index in [1.807, 2.05) is 20.8 Å². The van der Waals surface area contributed by atoms with Crippen LogP contribution in [0.15, 0.2) is 12.1 Å². The number of Topliss-reactive ketones (excluding diaryl/α,β-unsaturated/α-hetero) is 1. The van der Waals surface area contributed by atoms with E-state index < -0.39 is 0 Å². The van der Waals surface area contributed by atoms with Gasteiger partial charge in [0.25, 0.3) is 0 Å². The van der Waals surface area contributed by atoms with Crippen LogP contribution in [0.5, 0.6) is 17.2 Å². The maximum atomic E-state index is 11.8. The highest BCUT2D eigenvalue weighted by molar-refractivity contribution is 6.00. The Morgan fingerprint density at radius 2 is 1.42 bits per heavy atom. The Morgan fingerprint density at radius 3 is 1.89 bits per heavy atom. The highest BCUT2D eigenvalue weighted by atomic mass is 16.5. The first-order chi connectivity index (χ1) is 9.17. The van der Waals surface area contributed by atoms with Crippen molar-refractivity contribution in [3.05, 3.63) is 17.7 Å². The van der Waals surface area contributed by atoms with Gasteiger partial charge in [0, 0.05) is 6.07 Å². The van der Waals surface area contributed by atoms with E-state index in [1.54, 1.807) is 12.1 Å². The molecule has 0 aromatic heterocycles. The molecule has 5 heteroatoms. The van der Waals surface area contributed by atoms with Crippen molar-refractivity contribution in [2.75, 3.05) is 26.4 Å². The van der Waals surface area contributed by atoms with Gasteiger partial charge in [-0.15, -0.1) is 0 Å². The van der Waals surface area contributed by atoms with Crippen LogP contribution in [0.2, 0.25) is 0 Å². The number of ether oxygens (including phenoxy) is 3. The van der Waals surface area contributed by atoms with Crippen molar-refractivity contribution in [2.45, 2.75) is 20.8 Å². The van der Waals surface area contributed by atoms with Gasteiger partial charge in [-0.2, -0.15) is 0 Å². The van der Waals surface area contributed by atoms with Crippen LogP contribution in [0, 0.1) is 0 Å². The molecule has 0 unspecified atom stereocenters. The number of benzene rings is 1. The van der Waals surface area contributed by atoms with E-state index in [1.165, 1.54) is 0 Å². The van der Waals surface area contributed by atoms with Crippen LogP contribution >= 0.6 is 0 Å². The average Bonchev–Trinajstić information content (AvgIpc) is 2.41. The summed E-state index contributed by atoms with van der Waals surface area (Å²) < 4.78 is 16.4. The summed E-state index contributed by atoms with van der Waals surface area (Å²) in [5.41, 5.74) is 5.84. The van der Waals surface area contributed by atoms with Gasteiger partial charge in [0.2, 0.25) is 0 Å². The van der Waals surface area contributed by atoms with E-state index in [0.717, 1.165) is 0 Å². The van der Waals surface area contributed by atoms with Crippen LogP contribution in [-0.2, 0) is 0 Å². The van der Waals surface area contributed by atoms with Crippen molar-refractivity contribution in [3.63, 3.8) is 0 Å². The lowest BCUT2D eigenvalue weighted by molar-refractivity contribution is 0.0997. The zero-order valence-corrected chi connectivity index (χ0v) is 11.7. The van der Waals surface area contributed by atoms with Crippen LogP contribution < -0.4 is 19.9 Å². The Kier molecular flexibility index (Phi) is 6.15. The molecule has 0 saturated heterocycles. The average molecular weight is 267 g/mol. The van der Waals surface area contributed by atoms with E-state index in [0.29, 0.717) is 42.6 Å². The lowest BCUT2D eigenvalue weighted by Crippen LogP contribution is -2.15. The number of ketones is 1. The summed E-state index contributed by atoms with van der Waals surface area (Å²) in [6, 6.07) is 3.32. The summed E-state index contributed by atoms with van der Waals surface area (Å²) in [6.07, 6.45) is 0. The van der Waals surface area contributed by atoms with Gasteiger partial charge in [0.1, 0.15) is 5.75 Å². The summed E-state index contributed by atoms with van der Waals surface area (Å²) in [5, 5.41) is 0. The second kappa shape index (κ2) is 7.63. The third kappa shape index (κ3) is 3.86. The molecule has 106 valence electrons. The smallest absolute Gasteiger partial charge is 0.180 e. The molecule has 0 heterocycles. The van der Waals surface area contributed by atoms with Crippen LogP contribution in [0.1, 0.15) is 31.1 Å². The molecule has 5 nitrogen and oxygen atoms in total. The third-order valence-corrected chi connectivity index (χ3v) is 2.43. The molecule has 0 atom stereocenters. The highest BCUT2D eigenvalue weighted by Gasteiger charge is 2.17. The van der Waals surface area contributed by atoms with Crippen molar-refractivity contribution in [1.29, 1.82) is 0 Å². The predicted octanol–water partition coefficient (Wildman–Crippen LogP) is 2.02. The first-order valence-electron chi connectivity index (χ1n) is 6.47. The van der Waals surface area contributed by atoms with Crippen molar-refractivity contribution in [1.82, 2.24) is 0 Å². The summed E-state index contributed by atoms with van der Waals surface area (Å²) in [6.45, 7) is 7.00. The van der Waals surface area contributed by atoms with Crippen molar-refractivity contribution < 1.29 is 19.0 Å². The van der Waals surface area contributed by atoms with Crippen LogP contribution in [-0.4, -0.2) is 32.1 Å². The molecule has 0 amide bonds. The maximum absolute atomic E-state index is 11.8. The normalized spacial score (nSPS) is 10.1. The minimum absolute atomic E-state index is 0.0698. The van der Waals surface area contributed by atoms with E-state index in [2.05, 4.69) is 0 Å². The summed E-state index contributed by atoms with van der Waals surface area (Å²) in [4.78, 5) is 11.8. The molecule has 1 aromatic carbocycles. The van der Waals surface area contributed by atoms with Crippen molar-refractivity contribution in [2.24, 2.45) is 5.73 Å². The molecular weight excluding hydrogens is 246 g/mol. The summed E-state index contributed by atoms with van der Waals surface area (Å²) >= 11 is 0. The molecule has 0 spiro atoms. The molecule has 19 heavy (non-hydrogen) atoms. The molecule has 2 N–H and O–H groups in total. The van der Waals surface area contributed by atoms with Gasteiger partial charge in [0.15, 0.2) is 17.3 Å². The van der Waals surface area contributed by atoms with E-state index in [9.17, 15) is 4.79 Å². The van der Waals surface area contributed by atoms with Crippen molar-refractivity contribution in [3.8, 4) is 17.2 Å². The Morgan fingerprint density at radius 1 is 0.947 bits per heavy atom. The monoisotopic (exact) mass is 267 g/mol. The Labute approximate surface area is 113 Å². The third-order valence-electron chi connectivity index (χ3n) is 2.43. The van der Waals surface area contributed by atoms with E-state index in [-0.39, 0.29) is 12.3 Å². The van der Waals surface area contributed by atoms with Crippen molar-refractivity contribution >= 4 is 5.78 Å². The molecule has 0 aliphatic carbocycles. The Balaban J connectivity index is 3.27. The summed E-state index contributed by atoms with van der Waals surface area (Å²) in [7, 11) is 0. The Hall–Kier alpha value is -1.75. The number of hydrogen-bond acceptors (Lipinski definition) is 5. The molecule has 1 rings (SSSR count). The van der Waals surface area contributed by atoms with Gasteiger partial charge in [-0.25, -0.2) is 0 Å². The summed E-state index contributed by atoms with van der Waals surface area (Å²) in [5.74, 6) is 1.39. The van der Waals surface area contributed by atoms with Gasteiger partial charge in [-0.3, -0.25) is 4.79 Å². The molecule has 0 fully saturated rings. The lowest BCUT2D eigenvalue weighted by atomic mass is 10.1. The molecule has 0 radical (unpaired) electrons.